The van der Waals surface area contributed by atoms with Gasteiger partial charge >= 0.3 is 0 Å². The number of halogens is 6. The van der Waals surface area contributed by atoms with E-state index in [2.05, 4.69) is 29.9 Å². The molecule has 3 aromatic carbocycles. The fourth-order valence-corrected chi connectivity index (χ4v) is 12.3. The third-order valence-corrected chi connectivity index (χ3v) is 17.8. The van der Waals surface area contributed by atoms with Crippen molar-refractivity contribution >= 4 is 66.4 Å². The normalized spacial score (nSPS) is 17.7. The number of ketones is 3. The molecule has 0 bridgehead atoms. The van der Waals surface area contributed by atoms with Gasteiger partial charge in [-0.05, 0) is 128 Å². The number of Topliss-reactive ketones (excluding diaryl/α,β-unsaturated/α-hetero) is 3. The number of benzene rings is 3. The number of nitrogens with zero attached hydrogens (tertiary/aromatic N) is 12. The average Bonchev–Trinajstić information content (AvgIpc) is 1.61. The lowest BCUT2D eigenvalue weighted by molar-refractivity contribution is -0.130. The number of aliphatic imine (C=N–C) groups is 3. The highest BCUT2D eigenvalue weighted by Crippen LogP contribution is 2.46. The Morgan fingerprint density at radius 1 is 0.386 bits per heavy atom. The van der Waals surface area contributed by atoms with Gasteiger partial charge in [0.1, 0.15) is 17.5 Å². The van der Waals surface area contributed by atoms with E-state index in [1.165, 1.54) is 127 Å². The van der Waals surface area contributed by atoms with Gasteiger partial charge in [0.15, 0.2) is 51.8 Å². The predicted molar refractivity (Wildman–Crippen MR) is 376 cm³/mol. The summed E-state index contributed by atoms with van der Waals surface area (Å²) in [4.78, 5) is 106. The molecule has 9 heterocycles. The molecule has 0 saturated heterocycles. The molecular weight excluding hydrogens is 1330 g/mol. The molecule has 21 nitrogen and oxygen atoms in total. The summed E-state index contributed by atoms with van der Waals surface area (Å²) in [6.07, 6.45) is 9.72. The summed E-state index contributed by atoms with van der Waals surface area (Å²) >= 11 is 0. The smallest absolute Gasteiger partial charge is 0.266 e. The molecule has 0 radical (unpaired) electrons. The summed E-state index contributed by atoms with van der Waals surface area (Å²) in [5, 5.41) is 0. The van der Waals surface area contributed by atoms with Gasteiger partial charge in [0.2, 0.25) is 17.8 Å². The summed E-state index contributed by atoms with van der Waals surface area (Å²) in [7, 11) is 4.47. The van der Waals surface area contributed by atoms with Crippen LogP contribution in [-0.2, 0) is 50.6 Å². The minimum atomic E-state index is -1.65. The van der Waals surface area contributed by atoms with Gasteiger partial charge < -0.3 is 30.9 Å². The first-order valence-electron chi connectivity index (χ1n) is 31.6. The zero-order valence-corrected chi connectivity index (χ0v) is 56.9. The Morgan fingerprint density at radius 2 is 0.634 bits per heavy atom. The fourth-order valence-electron chi connectivity index (χ4n) is 12.3. The zero-order valence-electron chi connectivity index (χ0n) is 55.9. The molecule has 0 saturated carbocycles. The molecule has 1 unspecified atom stereocenters. The SMILES string of the molecule is C.CCC(=O)c1cc(C2(c3ccc(F)c(-c4cccnc4F)c3)N=C(N)N(C)C2=O)cn1CC.CCC(=O)c1cc([C@@]2(c3ccc(F)c(-c4cccnc4F)c3)N=C(N)N(C)C2=O)cn1CC.CCC(=O)c1cc([C@]2(c3ccc(F)c(-c4cccnc4F)c3)N=C(N)N(C)C2=O)cn1CC.S. The van der Waals surface area contributed by atoms with E-state index < -0.39 is 69.6 Å². The highest BCUT2D eigenvalue weighted by Gasteiger charge is 2.54. The second-order valence-corrected chi connectivity index (χ2v) is 23.3. The van der Waals surface area contributed by atoms with Crippen LogP contribution in [0.25, 0.3) is 33.4 Å². The maximum absolute atomic E-state index is 14.8. The number of rotatable bonds is 18. The van der Waals surface area contributed by atoms with Crippen molar-refractivity contribution in [2.75, 3.05) is 21.1 Å². The Hall–Kier alpha value is -11.3. The van der Waals surface area contributed by atoms with Crippen LogP contribution >= 0.6 is 13.5 Å². The van der Waals surface area contributed by atoms with Crippen LogP contribution in [0.15, 0.2) is 161 Å². The molecular formula is C73H75F6N15O6S. The second-order valence-electron chi connectivity index (χ2n) is 23.3. The Kier molecular flexibility index (Phi) is 22.5. The van der Waals surface area contributed by atoms with Crippen LogP contribution in [0.3, 0.4) is 0 Å². The number of aryl methyl sites for hydroxylation is 3. The quantitative estimate of drug-likeness (QED) is 0.0411. The van der Waals surface area contributed by atoms with Crippen molar-refractivity contribution in [3.63, 3.8) is 0 Å². The largest absolute Gasteiger partial charge is 0.369 e. The van der Waals surface area contributed by atoms with E-state index in [0.717, 1.165) is 18.2 Å². The highest BCUT2D eigenvalue weighted by molar-refractivity contribution is 7.59. The fraction of sp³-hybridized carbons (Fsp3) is 0.260. The van der Waals surface area contributed by atoms with Gasteiger partial charge in [-0.1, -0.05) is 46.4 Å². The van der Waals surface area contributed by atoms with Crippen molar-refractivity contribution < 1.29 is 55.1 Å². The van der Waals surface area contributed by atoms with Crippen LogP contribution in [0.2, 0.25) is 0 Å². The minimum absolute atomic E-state index is 0. The number of carbonyl (C=O) groups is 6. The summed E-state index contributed by atoms with van der Waals surface area (Å²) in [6, 6.07) is 25.5. The van der Waals surface area contributed by atoms with Gasteiger partial charge in [-0.25, -0.2) is 43.1 Å². The van der Waals surface area contributed by atoms with E-state index in [0.29, 0.717) is 70.1 Å². The van der Waals surface area contributed by atoms with Crippen molar-refractivity contribution in [3.8, 4) is 33.4 Å². The minimum Gasteiger partial charge on any atom is -0.369 e. The topological polar surface area (TPSA) is 281 Å². The zero-order chi connectivity index (χ0) is 71.7. The molecule has 3 aliphatic heterocycles. The lowest BCUT2D eigenvalue weighted by atomic mass is 9.82. The number of hydrogen-bond donors (Lipinski definition) is 3. The first-order chi connectivity index (χ1) is 47.2. The Morgan fingerprint density at radius 3 is 0.832 bits per heavy atom. The molecule has 0 fully saturated rings. The van der Waals surface area contributed by atoms with Crippen LogP contribution in [0.5, 0.6) is 0 Å². The number of pyridine rings is 3. The molecule has 0 spiro atoms. The van der Waals surface area contributed by atoms with Gasteiger partial charge in [0, 0.05) is 147 Å². The van der Waals surface area contributed by atoms with Crippen LogP contribution in [-0.4, -0.2) is 117 Å². The third kappa shape index (κ3) is 13.1. The summed E-state index contributed by atoms with van der Waals surface area (Å²) in [5.74, 6) is -6.28. The third-order valence-electron chi connectivity index (χ3n) is 17.8. The summed E-state index contributed by atoms with van der Waals surface area (Å²) in [5.41, 5.74) is 16.2. The first kappa shape index (κ1) is 75.5. The lowest BCUT2D eigenvalue weighted by Crippen LogP contribution is -2.41. The molecule has 3 atom stereocenters. The molecule has 28 heteroatoms. The van der Waals surface area contributed by atoms with Gasteiger partial charge in [0.05, 0.1) is 17.1 Å². The van der Waals surface area contributed by atoms with Crippen molar-refractivity contribution in [1.82, 2.24) is 43.4 Å². The van der Waals surface area contributed by atoms with Gasteiger partial charge in [-0.2, -0.15) is 26.7 Å². The Bertz CT molecular complexity index is 4380. The molecule has 6 N–H and O–H groups in total. The highest BCUT2D eigenvalue weighted by atomic mass is 32.1. The Labute approximate surface area is 585 Å². The van der Waals surface area contributed by atoms with E-state index in [1.54, 1.807) is 71.3 Å². The van der Waals surface area contributed by atoms with E-state index in [9.17, 15) is 55.1 Å². The van der Waals surface area contributed by atoms with Crippen LogP contribution in [0.1, 0.15) is 133 Å². The number of aromatic nitrogens is 6. The molecule has 3 aliphatic rings. The number of amides is 3. The molecule has 12 rings (SSSR count). The maximum atomic E-state index is 14.8. The molecule has 3 amide bonds. The standard InChI is InChI=1S/3C24H23F2N5O2.CH4.H2S/c3*1-4-20(32)19-12-15(13-31(19)5-2)24(22(33)30(3)23(27)29-24)14-8-9-18(25)17(11-14)16-7-6-10-28-21(16)26;;/h3*6-13H,4-5H2,1-3H3,(H2,27,29);1H4;1H2/t2*24-;;;/m10.../s1. The number of nitrogens with two attached hydrogens (primary N) is 3. The van der Waals surface area contributed by atoms with E-state index in [-0.39, 0.29) is 109 Å². The molecule has 101 heavy (non-hydrogen) atoms. The monoisotopic (exact) mass is 1400 g/mol. The van der Waals surface area contributed by atoms with E-state index >= 15 is 0 Å². The van der Waals surface area contributed by atoms with Crippen molar-refractivity contribution in [2.24, 2.45) is 32.2 Å². The van der Waals surface area contributed by atoms with Gasteiger partial charge in [-0.15, -0.1) is 0 Å². The average molecular weight is 1400 g/mol. The van der Waals surface area contributed by atoms with Crippen LogP contribution in [0.4, 0.5) is 26.3 Å². The van der Waals surface area contributed by atoms with E-state index in [1.807, 2.05) is 20.8 Å². The molecule has 6 aromatic heterocycles. The van der Waals surface area contributed by atoms with E-state index in [4.69, 9.17) is 17.2 Å². The van der Waals surface area contributed by atoms with Crippen LogP contribution < -0.4 is 17.2 Å². The Balaban J connectivity index is 0.000000191. The van der Waals surface area contributed by atoms with Crippen molar-refractivity contribution in [3.05, 3.63) is 232 Å². The first-order valence-corrected chi connectivity index (χ1v) is 31.6. The van der Waals surface area contributed by atoms with Crippen molar-refractivity contribution in [2.45, 2.75) is 104 Å². The van der Waals surface area contributed by atoms with Crippen molar-refractivity contribution in [1.29, 1.82) is 0 Å². The number of guanidine groups is 3. The number of likely N-dealkylation sites (N-methyl/N-ethyl adjacent to an activating group) is 3. The van der Waals surface area contributed by atoms with Gasteiger partial charge in [-0.3, -0.25) is 43.5 Å². The van der Waals surface area contributed by atoms with Gasteiger partial charge in [0.25, 0.3) is 17.7 Å². The molecule has 0 aliphatic carbocycles. The summed E-state index contributed by atoms with van der Waals surface area (Å²) < 4.78 is 92.7. The molecule has 526 valence electrons. The second kappa shape index (κ2) is 30.0. The molecule has 9 aromatic rings. The lowest BCUT2D eigenvalue weighted by Gasteiger charge is -2.25. The number of hydrogen-bond acceptors (Lipinski definition) is 15. The maximum Gasteiger partial charge on any atom is 0.266 e. The predicted octanol–water partition coefficient (Wildman–Crippen LogP) is 11.2. The number of carbonyl (C=O) groups excluding carboxylic acids is 6. The van der Waals surface area contributed by atoms with Crippen LogP contribution in [0, 0.1) is 35.3 Å². The summed E-state index contributed by atoms with van der Waals surface area (Å²) in [6.45, 7) is 12.4.